The average Bonchev–Trinajstić information content (AvgIpc) is 2.62. The van der Waals surface area contributed by atoms with E-state index in [2.05, 4.69) is 34.5 Å². The Morgan fingerprint density at radius 3 is 2.55 bits per heavy atom. The number of esters is 1. The van der Waals surface area contributed by atoms with Crippen LogP contribution in [-0.2, 0) is 4.74 Å². The van der Waals surface area contributed by atoms with Crippen molar-refractivity contribution in [2.75, 3.05) is 31.6 Å². The van der Waals surface area contributed by atoms with Crippen molar-refractivity contribution in [2.24, 2.45) is 0 Å². The molecule has 1 heterocycles. The highest BCUT2D eigenvalue weighted by molar-refractivity contribution is 5.89. The number of ether oxygens (including phenoxy) is 1. The SMILES string of the molecule is COC(=O)c1ccc(C2CNCCN2c2ccccc2)cc1. The van der Waals surface area contributed by atoms with Crippen LogP contribution in [0.25, 0.3) is 0 Å². The Morgan fingerprint density at radius 2 is 1.86 bits per heavy atom. The standard InChI is InChI=1S/C18H20N2O2/c1-22-18(21)15-9-7-14(8-10-15)17-13-19-11-12-20(17)16-5-3-2-4-6-16/h2-10,17,19H,11-13H2,1H3. The fourth-order valence-corrected chi connectivity index (χ4v) is 2.89. The zero-order valence-corrected chi connectivity index (χ0v) is 12.7. The summed E-state index contributed by atoms with van der Waals surface area (Å²) in [6.45, 7) is 2.84. The molecule has 3 rings (SSSR count). The van der Waals surface area contributed by atoms with E-state index in [-0.39, 0.29) is 12.0 Å². The predicted octanol–water partition coefficient (Wildman–Crippen LogP) is 2.62. The topological polar surface area (TPSA) is 41.6 Å². The van der Waals surface area contributed by atoms with Crippen LogP contribution in [0.1, 0.15) is 22.0 Å². The summed E-state index contributed by atoms with van der Waals surface area (Å²) in [5, 5.41) is 3.45. The molecule has 1 unspecified atom stereocenters. The second-order valence-electron chi connectivity index (χ2n) is 5.36. The number of nitrogens with one attached hydrogen (secondary N) is 1. The summed E-state index contributed by atoms with van der Waals surface area (Å²) >= 11 is 0. The van der Waals surface area contributed by atoms with Gasteiger partial charge in [-0.25, -0.2) is 4.79 Å². The van der Waals surface area contributed by atoms with Crippen molar-refractivity contribution in [3.8, 4) is 0 Å². The molecule has 0 aliphatic carbocycles. The lowest BCUT2D eigenvalue weighted by molar-refractivity contribution is 0.0600. The summed E-state index contributed by atoms with van der Waals surface area (Å²) in [4.78, 5) is 13.9. The molecule has 0 bridgehead atoms. The molecule has 2 aromatic rings. The molecule has 4 nitrogen and oxygen atoms in total. The number of hydrogen-bond donors (Lipinski definition) is 1. The van der Waals surface area contributed by atoms with Crippen LogP contribution >= 0.6 is 0 Å². The van der Waals surface area contributed by atoms with E-state index in [0.29, 0.717) is 5.56 Å². The number of hydrogen-bond acceptors (Lipinski definition) is 4. The Kier molecular flexibility index (Phi) is 4.39. The second-order valence-corrected chi connectivity index (χ2v) is 5.36. The Bertz CT molecular complexity index is 625. The Morgan fingerprint density at radius 1 is 1.14 bits per heavy atom. The summed E-state index contributed by atoms with van der Waals surface area (Å²) in [6.07, 6.45) is 0. The number of methoxy groups -OCH3 is 1. The number of carbonyl (C=O) groups excluding carboxylic acids is 1. The van der Waals surface area contributed by atoms with Crippen molar-refractivity contribution >= 4 is 11.7 Å². The van der Waals surface area contributed by atoms with Crippen LogP contribution in [0, 0.1) is 0 Å². The zero-order chi connectivity index (χ0) is 15.4. The predicted molar refractivity (Wildman–Crippen MR) is 87.2 cm³/mol. The molecule has 4 heteroatoms. The Hall–Kier alpha value is -2.33. The fourth-order valence-electron chi connectivity index (χ4n) is 2.89. The third-order valence-electron chi connectivity index (χ3n) is 4.05. The number of nitrogens with zero attached hydrogens (tertiary/aromatic N) is 1. The van der Waals surface area contributed by atoms with E-state index in [0.717, 1.165) is 19.6 Å². The third kappa shape index (κ3) is 2.97. The van der Waals surface area contributed by atoms with Gasteiger partial charge in [-0.2, -0.15) is 0 Å². The van der Waals surface area contributed by atoms with Crippen LogP contribution in [0.2, 0.25) is 0 Å². The first-order valence-corrected chi connectivity index (χ1v) is 7.50. The fraction of sp³-hybridized carbons (Fsp3) is 0.278. The number of anilines is 1. The van der Waals surface area contributed by atoms with Crippen LogP contribution in [0.3, 0.4) is 0 Å². The highest BCUT2D eigenvalue weighted by Crippen LogP contribution is 2.28. The number of benzene rings is 2. The van der Waals surface area contributed by atoms with Crippen molar-refractivity contribution < 1.29 is 9.53 Å². The summed E-state index contributed by atoms with van der Waals surface area (Å²) in [5.74, 6) is -0.298. The van der Waals surface area contributed by atoms with E-state index in [4.69, 9.17) is 4.74 Å². The highest BCUT2D eigenvalue weighted by atomic mass is 16.5. The lowest BCUT2D eigenvalue weighted by Gasteiger charge is -2.38. The van der Waals surface area contributed by atoms with Crippen molar-refractivity contribution in [1.29, 1.82) is 0 Å². The van der Waals surface area contributed by atoms with Gasteiger partial charge in [-0.1, -0.05) is 30.3 Å². The van der Waals surface area contributed by atoms with Crippen LogP contribution in [0.4, 0.5) is 5.69 Å². The van der Waals surface area contributed by atoms with E-state index in [1.807, 2.05) is 30.3 Å². The molecule has 1 aliphatic heterocycles. The van der Waals surface area contributed by atoms with Gasteiger partial charge in [0.05, 0.1) is 18.7 Å². The lowest BCUT2D eigenvalue weighted by Crippen LogP contribution is -2.46. The minimum Gasteiger partial charge on any atom is -0.465 e. The molecule has 0 aromatic heterocycles. The molecule has 1 saturated heterocycles. The molecular weight excluding hydrogens is 276 g/mol. The van der Waals surface area contributed by atoms with Crippen molar-refractivity contribution in [3.63, 3.8) is 0 Å². The minimum absolute atomic E-state index is 0.267. The highest BCUT2D eigenvalue weighted by Gasteiger charge is 2.24. The van der Waals surface area contributed by atoms with Crippen LogP contribution in [-0.4, -0.2) is 32.7 Å². The first-order valence-electron chi connectivity index (χ1n) is 7.50. The third-order valence-corrected chi connectivity index (χ3v) is 4.05. The van der Waals surface area contributed by atoms with E-state index < -0.39 is 0 Å². The molecule has 2 aromatic carbocycles. The molecule has 1 fully saturated rings. The Labute approximate surface area is 130 Å². The van der Waals surface area contributed by atoms with Crippen LogP contribution in [0.5, 0.6) is 0 Å². The van der Waals surface area contributed by atoms with Crippen molar-refractivity contribution in [3.05, 3.63) is 65.7 Å². The molecule has 22 heavy (non-hydrogen) atoms. The van der Waals surface area contributed by atoms with Gasteiger partial charge < -0.3 is 15.0 Å². The van der Waals surface area contributed by atoms with Crippen LogP contribution < -0.4 is 10.2 Å². The maximum atomic E-state index is 11.5. The van der Waals surface area contributed by atoms with Gasteiger partial charge >= 0.3 is 5.97 Å². The van der Waals surface area contributed by atoms with Gasteiger partial charge in [-0.05, 0) is 29.8 Å². The van der Waals surface area contributed by atoms with Gasteiger partial charge in [0.15, 0.2) is 0 Å². The average molecular weight is 296 g/mol. The first-order chi connectivity index (χ1) is 10.8. The first kappa shape index (κ1) is 14.6. The van der Waals surface area contributed by atoms with Crippen molar-refractivity contribution in [1.82, 2.24) is 5.32 Å². The molecule has 0 saturated carbocycles. The van der Waals surface area contributed by atoms with Gasteiger partial charge in [-0.15, -0.1) is 0 Å². The van der Waals surface area contributed by atoms with E-state index in [9.17, 15) is 4.79 Å². The maximum Gasteiger partial charge on any atom is 0.337 e. The smallest absolute Gasteiger partial charge is 0.337 e. The summed E-state index contributed by atoms with van der Waals surface area (Å²) in [5.41, 5.74) is 3.01. The quantitative estimate of drug-likeness (QED) is 0.884. The zero-order valence-electron chi connectivity index (χ0n) is 12.7. The number of carbonyl (C=O) groups is 1. The number of piperazine rings is 1. The molecule has 1 atom stereocenters. The summed E-state index contributed by atoms with van der Waals surface area (Å²) in [6, 6.07) is 18.4. The number of para-hydroxylation sites is 1. The minimum atomic E-state index is -0.298. The molecule has 0 radical (unpaired) electrons. The molecular formula is C18H20N2O2. The summed E-state index contributed by atoms with van der Waals surface area (Å²) < 4.78 is 4.75. The Balaban J connectivity index is 1.86. The van der Waals surface area contributed by atoms with Gasteiger partial charge in [0.1, 0.15) is 0 Å². The summed E-state index contributed by atoms with van der Waals surface area (Å²) in [7, 11) is 1.40. The van der Waals surface area contributed by atoms with Gasteiger partial charge in [0.2, 0.25) is 0 Å². The molecule has 114 valence electrons. The molecule has 0 amide bonds. The molecule has 1 N–H and O–H groups in total. The molecule has 1 aliphatic rings. The maximum absolute atomic E-state index is 11.5. The van der Waals surface area contributed by atoms with E-state index in [1.54, 1.807) is 0 Å². The van der Waals surface area contributed by atoms with E-state index >= 15 is 0 Å². The van der Waals surface area contributed by atoms with Crippen molar-refractivity contribution in [2.45, 2.75) is 6.04 Å². The van der Waals surface area contributed by atoms with Crippen LogP contribution in [0.15, 0.2) is 54.6 Å². The second kappa shape index (κ2) is 6.62. The van der Waals surface area contributed by atoms with E-state index in [1.165, 1.54) is 18.4 Å². The normalized spacial score (nSPS) is 18.0. The monoisotopic (exact) mass is 296 g/mol. The number of rotatable bonds is 3. The largest absolute Gasteiger partial charge is 0.465 e. The van der Waals surface area contributed by atoms with Gasteiger partial charge in [0, 0.05) is 25.3 Å². The lowest BCUT2D eigenvalue weighted by atomic mass is 10.0. The molecule has 0 spiro atoms. The van der Waals surface area contributed by atoms with Gasteiger partial charge in [0.25, 0.3) is 0 Å². The van der Waals surface area contributed by atoms with Gasteiger partial charge in [-0.3, -0.25) is 0 Å².